The smallest absolute Gasteiger partial charge is 0.325 e. The fourth-order valence-corrected chi connectivity index (χ4v) is 7.98. The number of H-pyrrole nitrogens is 1. The lowest BCUT2D eigenvalue weighted by Crippen LogP contribution is -2.34. The third-order valence-electron chi connectivity index (χ3n) is 6.99. The van der Waals surface area contributed by atoms with E-state index in [-0.39, 0.29) is 47.0 Å². The molecule has 4 aromatic heterocycles. The Kier molecular flexibility index (Phi) is 7.50. The first-order chi connectivity index (χ1) is 20.9. The van der Waals surface area contributed by atoms with Gasteiger partial charge < -0.3 is 44.3 Å². The van der Waals surface area contributed by atoms with Gasteiger partial charge in [-0.3, -0.25) is 14.3 Å². The molecule has 2 bridgehead atoms. The maximum atomic E-state index is 16.0. The predicted octanol–water partition coefficient (Wildman–Crippen LogP) is -0.707. The molecule has 0 aromatic carbocycles. The minimum atomic E-state index is -4.15. The molecule has 2 unspecified atom stereocenters. The Morgan fingerprint density at radius 3 is 2.48 bits per heavy atom. The van der Waals surface area contributed by atoms with E-state index < -0.39 is 68.6 Å². The first-order valence-corrected chi connectivity index (χ1v) is 17.9. The van der Waals surface area contributed by atoms with Crippen molar-refractivity contribution >= 4 is 71.0 Å². The van der Waals surface area contributed by atoms with Crippen LogP contribution in [0.1, 0.15) is 18.9 Å². The number of hydrogen-bond acceptors (Lipinski definition) is 17. The summed E-state index contributed by atoms with van der Waals surface area (Å²) < 4.78 is 52.5. The van der Waals surface area contributed by atoms with Crippen LogP contribution in [0.5, 0.6) is 0 Å². The van der Waals surface area contributed by atoms with Gasteiger partial charge in [-0.25, -0.2) is 9.37 Å². The summed E-state index contributed by atoms with van der Waals surface area (Å²) in [5.41, 5.74) is 11.4. The first-order valence-electron chi connectivity index (χ1n) is 12.7. The van der Waals surface area contributed by atoms with Crippen LogP contribution in [0.15, 0.2) is 17.1 Å². The SMILES string of the molecule is Nc1nc2c(nnn2[C@@H]2O[C@@H]3COP(O)(=S)O[C@H]4[C@H](F)[C@H](n5nnc6c(N)ccnc65)O[C@@H]4COP(O)(=S)O[C@H]2C3)c(=O)[nH]1. The van der Waals surface area contributed by atoms with Crippen LogP contribution in [0.2, 0.25) is 0 Å². The summed E-state index contributed by atoms with van der Waals surface area (Å²) in [4.78, 5) is 44.8. The van der Waals surface area contributed by atoms with Crippen LogP contribution in [-0.2, 0) is 51.2 Å². The number of nitrogens with two attached hydrogens (primary N) is 2. The van der Waals surface area contributed by atoms with Crippen LogP contribution in [-0.4, -0.2) is 98.5 Å². The van der Waals surface area contributed by atoms with Gasteiger partial charge in [-0.1, -0.05) is 10.4 Å². The fraction of sp³-hybridized carbons (Fsp3) is 0.526. The quantitative estimate of drug-likeness (QED) is 0.162. The normalized spacial score (nSPS) is 36.6. The van der Waals surface area contributed by atoms with E-state index in [4.69, 9.17) is 62.6 Å². The van der Waals surface area contributed by atoms with Gasteiger partial charge in [0.2, 0.25) is 5.95 Å². The number of hydrogen-bond donors (Lipinski definition) is 5. The number of halogens is 1. The fourth-order valence-electron chi connectivity index (χ4n) is 5.08. The lowest BCUT2D eigenvalue weighted by atomic mass is 10.1. The summed E-state index contributed by atoms with van der Waals surface area (Å²) in [6.45, 7) is -9.17. The van der Waals surface area contributed by atoms with Crippen LogP contribution in [0.4, 0.5) is 16.0 Å². The highest BCUT2D eigenvalue weighted by molar-refractivity contribution is 8.07. The van der Waals surface area contributed by atoms with Crippen LogP contribution in [0, 0.1) is 0 Å². The third-order valence-corrected chi connectivity index (χ3v) is 10.1. The van der Waals surface area contributed by atoms with Crippen molar-refractivity contribution in [2.24, 2.45) is 0 Å². The topological polar surface area (TPSA) is 268 Å². The number of rotatable bonds is 2. The molecule has 0 amide bonds. The van der Waals surface area contributed by atoms with Crippen LogP contribution in [0.25, 0.3) is 22.3 Å². The lowest BCUT2D eigenvalue weighted by molar-refractivity contribution is -0.0651. The van der Waals surface area contributed by atoms with Gasteiger partial charge in [-0.2, -0.15) is 14.3 Å². The van der Waals surface area contributed by atoms with E-state index in [1.54, 1.807) is 0 Å². The molecule has 3 saturated heterocycles. The molecule has 3 aliphatic heterocycles. The van der Waals surface area contributed by atoms with E-state index in [9.17, 15) is 14.6 Å². The molecule has 7 heterocycles. The minimum absolute atomic E-state index is 0.0228. The number of alkyl halides is 1. The van der Waals surface area contributed by atoms with E-state index in [0.29, 0.717) is 0 Å². The standard InChI is InChI=1S/C19H22FN11O9P2S2/c20-10-13-9(38-18(10)30-14-11(26-28-30)7(21)1-2-23-14)5-36-41(33,43)39-8-3-6(4-35-42(34,44)40-13)37-17(8)31-15-12(27-29-31)16(32)25-19(22)24-15/h1-2,6,8-10,13,17-18H,3-5H2,(H2,21,23)(H,33,43)(H,34,44)(H3,22,24,25,32)/t6-,8-,9+,10-,13+,17+,18+,41?,42?/m0/s1. The number of aromatic amines is 1. The number of nitrogens with zero attached hydrogens (tertiary/aromatic N) is 8. The molecule has 0 saturated carbocycles. The van der Waals surface area contributed by atoms with Crippen LogP contribution in [0.3, 0.4) is 0 Å². The molecule has 0 aliphatic carbocycles. The van der Waals surface area contributed by atoms with Crippen LogP contribution < -0.4 is 17.0 Å². The number of nitrogens with one attached hydrogen (secondary N) is 1. The van der Waals surface area contributed by atoms with Gasteiger partial charge in [0.25, 0.3) is 5.56 Å². The highest BCUT2D eigenvalue weighted by atomic mass is 32.5. The molecule has 0 radical (unpaired) electrons. The van der Waals surface area contributed by atoms with Crippen LogP contribution >= 0.6 is 13.4 Å². The van der Waals surface area contributed by atoms with E-state index >= 15 is 4.39 Å². The summed E-state index contributed by atoms with van der Waals surface area (Å²) in [6.07, 6.45) is -7.97. The van der Waals surface area contributed by atoms with Crippen molar-refractivity contribution in [1.29, 1.82) is 0 Å². The molecule has 44 heavy (non-hydrogen) atoms. The molecule has 3 aliphatic rings. The number of pyridine rings is 1. The minimum Gasteiger partial charge on any atom is -0.397 e. The Hall–Kier alpha value is -2.66. The van der Waals surface area contributed by atoms with E-state index in [1.807, 2.05) is 0 Å². The van der Waals surface area contributed by atoms with Crippen molar-refractivity contribution in [3.05, 3.63) is 22.6 Å². The molecule has 20 nitrogen and oxygen atoms in total. The van der Waals surface area contributed by atoms with Gasteiger partial charge in [0, 0.05) is 12.6 Å². The summed E-state index contributed by atoms with van der Waals surface area (Å²) in [5, 5.41) is 15.6. The largest absolute Gasteiger partial charge is 0.397 e. The van der Waals surface area contributed by atoms with Gasteiger partial charge in [-0.05, 0) is 29.7 Å². The van der Waals surface area contributed by atoms with Gasteiger partial charge in [0.05, 0.1) is 25.0 Å². The van der Waals surface area contributed by atoms with Gasteiger partial charge in [0.1, 0.15) is 18.3 Å². The second-order valence-electron chi connectivity index (χ2n) is 9.90. The Bertz CT molecular complexity index is 1910. The third kappa shape index (κ3) is 5.42. The van der Waals surface area contributed by atoms with Gasteiger partial charge >= 0.3 is 13.4 Å². The molecule has 3 fully saturated rings. The van der Waals surface area contributed by atoms with Crippen molar-refractivity contribution in [2.45, 2.75) is 49.5 Å². The number of ether oxygens (including phenoxy) is 2. The highest BCUT2D eigenvalue weighted by Gasteiger charge is 2.52. The van der Waals surface area contributed by atoms with Crippen molar-refractivity contribution in [3.63, 3.8) is 0 Å². The Balaban J connectivity index is 1.19. The second-order valence-corrected chi connectivity index (χ2v) is 15.5. The summed E-state index contributed by atoms with van der Waals surface area (Å²) in [5.74, 6) is -0.203. The second kappa shape index (κ2) is 11.0. The van der Waals surface area contributed by atoms with Crippen molar-refractivity contribution in [1.82, 2.24) is 44.9 Å². The summed E-state index contributed by atoms with van der Waals surface area (Å²) >= 11 is 10.4. The molecule has 4 aromatic rings. The monoisotopic (exact) mass is 693 g/mol. The van der Waals surface area contributed by atoms with E-state index in [2.05, 4.69) is 35.6 Å². The van der Waals surface area contributed by atoms with E-state index in [1.165, 1.54) is 12.3 Å². The summed E-state index contributed by atoms with van der Waals surface area (Å²) in [7, 11) is 0. The molecule has 7 rings (SSSR count). The number of aromatic nitrogens is 9. The molecule has 9 atom stereocenters. The van der Waals surface area contributed by atoms with Crippen molar-refractivity contribution in [2.75, 3.05) is 24.7 Å². The lowest BCUT2D eigenvalue weighted by Gasteiger charge is -2.27. The Labute approximate surface area is 254 Å². The zero-order valence-electron chi connectivity index (χ0n) is 21.9. The summed E-state index contributed by atoms with van der Waals surface area (Å²) in [6, 6.07) is 1.50. The predicted molar refractivity (Wildman–Crippen MR) is 152 cm³/mol. The molecular weight excluding hydrogens is 671 g/mol. The Morgan fingerprint density at radius 1 is 0.977 bits per heavy atom. The number of fused-ring (bicyclic) bond motifs is 5. The molecule has 0 spiro atoms. The average molecular weight is 694 g/mol. The Morgan fingerprint density at radius 2 is 1.68 bits per heavy atom. The van der Waals surface area contributed by atoms with Crippen molar-refractivity contribution < 1.29 is 41.7 Å². The average Bonchev–Trinajstić information content (AvgIpc) is 3.72. The maximum absolute atomic E-state index is 16.0. The number of anilines is 2. The number of nitrogen functional groups attached to an aromatic ring is 2. The van der Waals surface area contributed by atoms with Crippen molar-refractivity contribution in [3.8, 4) is 0 Å². The molecular formula is C19H22FN11O9P2S2. The van der Waals surface area contributed by atoms with Gasteiger partial charge in [0.15, 0.2) is 41.0 Å². The highest BCUT2D eigenvalue weighted by Crippen LogP contribution is 2.54. The first kappa shape index (κ1) is 30.0. The molecule has 236 valence electrons. The van der Waals surface area contributed by atoms with Gasteiger partial charge in [-0.15, -0.1) is 10.2 Å². The molecule has 7 N–H and O–H groups in total. The maximum Gasteiger partial charge on any atom is 0.325 e. The zero-order chi connectivity index (χ0) is 31.0. The van der Waals surface area contributed by atoms with E-state index in [0.717, 1.165) is 9.36 Å². The molecule has 25 heteroatoms. The zero-order valence-corrected chi connectivity index (χ0v) is 25.3.